The van der Waals surface area contributed by atoms with Crippen LogP contribution >= 0.6 is 55.1 Å². The van der Waals surface area contributed by atoms with Gasteiger partial charge in [-0.2, -0.15) is 0 Å². The zero-order chi connectivity index (χ0) is 39.9. The summed E-state index contributed by atoms with van der Waals surface area (Å²) in [5.74, 6) is -1.01. The van der Waals surface area contributed by atoms with E-state index >= 15 is 0 Å². The first-order valence-electron chi connectivity index (χ1n) is 17.0. The van der Waals surface area contributed by atoms with Gasteiger partial charge in [0.2, 0.25) is 11.8 Å². The molecule has 10 nitrogen and oxygen atoms in total. The van der Waals surface area contributed by atoms with Crippen molar-refractivity contribution in [1.29, 1.82) is 0 Å². The minimum absolute atomic E-state index is 0.00174. The van der Waals surface area contributed by atoms with Crippen LogP contribution in [-0.4, -0.2) is 34.0 Å². The van der Waals surface area contributed by atoms with Crippen LogP contribution < -0.4 is 20.1 Å². The standard InChI is InChI=1S/C20H21Br2NO4.C20H21Cl2NO4/c2*1-12(2)20(26)23-15-5-3-4-14(8-15)11-27-19-16(21)9-13(10-17(19)22)6-7-18(24)25/h2*3-5,8-10,12H,6-7,11H2,1-2H3,(H,23,26)(H,24,25). The molecular weight excluding hydrogens is 867 g/mol. The Bertz CT molecular complexity index is 1770. The molecule has 0 bridgehead atoms. The second-order valence-electron chi connectivity index (χ2n) is 12.8. The molecule has 0 fully saturated rings. The van der Waals surface area contributed by atoms with Crippen LogP contribution in [0.25, 0.3) is 0 Å². The van der Waals surface area contributed by atoms with Crippen LogP contribution in [0, 0.1) is 11.8 Å². The van der Waals surface area contributed by atoms with E-state index in [1.807, 2.05) is 82.3 Å². The molecule has 2 amide bonds. The Kier molecular flexibility index (Phi) is 17.8. The highest BCUT2D eigenvalue weighted by Crippen LogP contribution is 2.37. The van der Waals surface area contributed by atoms with E-state index in [9.17, 15) is 19.2 Å². The van der Waals surface area contributed by atoms with Crippen molar-refractivity contribution in [2.45, 2.75) is 66.6 Å². The highest BCUT2D eigenvalue weighted by molar-refractivity contribution is 9.11. The summed E-state index contributed by atoms with van der Waals surface area (Å²) in [5.41, 5.74) is 4.83. The average molecular weight is 909 g/mol. The summed E-state index contributed by atoms with van der Waals surface area (Å²) in [4.78, 5) is 45.0. The molecule has 0 spiro atoms. The molecule has 4 N–H and O–H groups in total. The summed E-state index contributed by atoms with van der Waals surface area (Å²) >= 11 is 19.4. The Balaban J connectivity index is 0.000000290. The van der Waals surface area contributed by atoms with Gasteiger partial charge in [-0.25, -0.2) is 0 Å². The van der Waals surface area contributed by atoms with Crippen molar-refractivity contribution in [2.24, 2.45) is 11.8 Å². The third-order valence-corrected chi connectivity index (χ3v) is 9.31. The Hall–Kier alpha value is -4.10. The number of carboxylic acids is 2. The van der Waals surface area contributed by atoms with Crippen molar-refractivity contribution >= 4 is 90.2 Å². The minimum atomic E-state index is -0.882. The van der Waals surface area contributed by atoms with Gasteiger partial charge in [0.15, 0.2) is 5.75 Å². The molecule has 0 aliphatic carbocycles. The zero-order valence-corrected chi connectivity index (χ0v) is 34.9. The van der Waals surface area contributed by atoms with Crippen LogP contribution in [0.3, 0.4) is 0 Å². The van der Waals surface area contributed by atoms with E-state index in [1.165, 1.54) is 0 Å². The van der Waals surface area contributed by atoms with Crippen molar-refractivity contribution in [3.05, 3.63) is 114 Å². The lowest BCUT2D eigenvalue weighted by molar-refractivity contribution is -0.138. The summed E-state index contributed by atoms with van der Waals surface area (Å²) < 4.78 is 13.2. The predicted molar refractivity (Wildman–Crippen MR) is 219 cm³/mol. The van der Waals surface area contributed by atoms with Gasteiger partial charge in [-0.3, -0.25) is 19.2 Å². The first-order valence-corrected chi connectivity index (χ1v) is 19.3. The molecule has 0 atom stereocenters. The fourth-order valence-corrected chi connectivity index (χ4v) is 6.81. The molecule has 0 aliphatic rings. The molecular formula is C40H42Br2Cl2N2O8. The highest BCUT2D eigenvalue weighted by atomic mass is 79.9. The van der Waals surface area contributed by atoms with E-state index in [0.717, 1.165) is 36.9 Å². The number of halogens is 4. The number of amides is 2. The number of carbonyl (C=O) groups excluding carboxylic acids is 2. The predicted octanol–water partition coefficient (Wildman–Crippen LogP) is 10.6. The lowest BCUT2D eigenvalue weighted by Crippen LogP contribution is -2.17. The molecule has 4 aromatic carbocycles. The molecule has 0 heterocycles. The maximum Gasteiger partial charge on any atom is 0.303 e. The molecule has 0 unspecified atom stereocenters. The topological polar surface area (TPSA) is 151 Å². The van der Waals surface area contributed by atoms with Crippen molar-refractivity contribution in [2.75, 3.05) is 10.6 Å². The largest absolute Gasteiger partial charge is 0.487 e. The van der Waals surface area contributed by atoms with Crippen molar-refractivity contribution in [3.8, 4) is 11.5 Å². The molecule has 0 radical (unpaired) electrons. The maximum atomic E-state index is 11.8. The Labute approximate surface area is 341 Å². The molecule has 14 heteroatoms. The number of anilines is 2. The third kappa shape index (κ3) is 15.0. The van der Waals surface area contributed by atoms with Crippen LogP contribution in [0.5, 0.6) is 11.5 Å². The first kappa shape index (κ1) is 44.3. The number of carbonyl (C=O) groups is 4. The number of hydrogen-bond donors (Lipinski definition) is 4. The first-order chi connectivity index (χ1) is 25.5. The average Bonchev–Trinajstić information content (AvgIpc) is 3.09. The number of carboxylic acid groups (broad SMARTS) is 2. The molecule has 0 saturated heterocycles. The monoisotopic (exact) mass is 906 g/mol. The second kappa shape index (κ2) is 21.7. The molecule has 54 heavy (non-hydrogen) atoms. The number of aryl methyl sites for hydroxylation is 2. The van der Waals surface area contributed by atoms with E-state index in [2.05, 4.69) is 42.5 Å². The summed E-state index contributed by atoms with van der Waals surface area (Å²) in [5, 5.41) is 23.9. The fraction of sp³-hybridized carbons (Fsp3) is 0.300. The van der Waals surface area contributed by atoms with E-state index in [1.54, 1.807) is 18.2 Å². The number of hydrogen-bond acceptors (Lipinski definition) is 6. The van der Waals surface area contributed by atoms with Gasteiger partial charge in [0.25, 0.3) is 0 Å². The van der Waals surface area contributed by atoms with Crippen LogP contribution in [0.4, 0.5) is 11.4 Å². The van der Waals surface area contributed by atoms with Crippen molar-refractivity contribution in [3.63, 3.8) is 0 Å². The number of rotatable bonds is 16. The normalized spacial score (nSPS) is 10.7. The smallest absolute Gasteiger partial charge is 0.303 e. The van der Waals surface area contributed by atoms with Crippen LogP contribution in [0.15, 0.2) is 81.7 Å². The van der Waals surface area contributed by atoms with Gasteiger partial charge >= 0.3 is 11.9 Å². The molecule has 0 saturated carbocycles. The number of ether oxygens (including phenoxy) is 2. The van der Waals surface area contributed by atoms with Gasteiger partial charge < -0.3 is 30.3 Å². The molecule has 4 rings (SSSR count). The lowest BCUT2D eigenvalue weighted by Gasteiger charge is -2.13. The van der Waals surface area contributed by atoms with Crippen molar-refractivity contribution in [1.82, 2.24) is 0 Å². The fourth-order valence-electron chi connectivity index (χ4n) is 4.65. The molecule has 0 aromatic heterocycles. The van der Waals surface area contributed by atoms with Crippen LogP contribution in [-0.2, 0) is 45.2 Å². The third-order valence-electron chi connectivity index (χ3n) is 7.58. The Morgan fingerprint density at radius 2 is 1.00 bits per heavy atom. The van der Waals surface area contributed by atoms with E-state index in [0.29, 0.717) is 46.7 Å². The van der Waals surface area contributed by atoms with Gasteiger partial charge in [-0.05, 0) is 115 Å². The lowest BCUT2D eigenvalue weighted by atomic mass is 10.1. The summed E-state index contributed by atoms with van der Waals surface area (Å²) in [6.45, 7) is 7.89. The van der Waals surface area contributed by atoms with E-state index < -0.39 is 11.9 Å². The molecule has 4 aromatic rings. The maximum absolute atomic E-state index is 11.8. The van der Waals surface area contributed by atoms with Gasteiger partial charge in [0, 0.05) is 36.1 Å². The second-order valence-corrected chi connectivity index (χ2v) is 15.4. The molecule has 288 valence electrons. The zero-order valence-electron chi connectivity index (χ0n) is 30.2. The summed E-state index contributed by atoms with van der Waals surface area (Å²) in [6.07, 6.45) is 0.868. The summed E-state index contributed by atoms with van der Waals surface area (Å²) in [6, 6.07) is 21.9. The van der Waals surface area contributed by atoms with Crippen LogP contribution in [0.1, 0.15) is 62.8 Å². The Morgan fingerprint density at radius 1 is 0.611 bits per heavy atom. The Morgan fingerprint density at radius 3 is 1.39 bits per heavy atom. The van der Waals surface area contributed by atoms with Gasteiger partial charge in [0.05, 0.1) is 19.0 Å². The van der Waals surface area contributed by atoms with Gasteiger partial charge in [-0.1, -0.05) is 75.2 Å². The SMILES string of the molecule is CC(C)C(=O)Nc1cccc(COc2c(Br)cc(CCC(=O)O)cc2Br)c1.CC(C)C(=O)Nc1cccc(COc2c(Cl)cc(CCC(=O)O)cc2Cl)c1. The van der Waals surface area contributed by atoms with Gasteiger partial charge in [-0.15, -0.1) is 0 Å². The van der Waals surface area contributed by atoms with Gasteiger partial charge in [0.1, 0.15) is 19.0 Å². The minimum Gasteiger partial charge on any atom is -0.487 e. The quantitative estimate of drug-likeness (QED) is 0.0868. The summed E-state index contributed by atoms with van der Waals surface area (Å²) in [7, 11) is 0. The van der Waals surface area contributed by atoms with E-state index in [-0.39, 0.29) is 43.1 Å². The number of aliphatic carboxylic acids is 2. The van der Waals surface area contributed by atoms with E-state index in [4.69, 9.17) is 42.9 Å². The van der Waals surface area contributed by atoms with Crippen molar-refractivity contribution < 1.29 is 38.9 Å². The number of nitrogens with one attached hydrogen (secondary N) is 2. The number of benzene rings is 4. The molecule has 0 aliphatic heterocycles. The van der Waals surface area contributed by atoms with Crippen LogP contribution in [0.2, 0.25) is 10.0 Å². The highest BCUT2D eigenvalue weighted by Gasteiger charge is 2.14.